The van der Waals surface area contributed by atoms with E-state index in [1.54, 1.807) is 6.92 Å². The Morgan fingerprint density at radius 2 is 1.61 bits per heavy atom. The summed E-state index contributed by atoms with van der Waals surface area (Å²) < 4.78 is 14.3. The average molecular weight is 536 g/mol. The van der Waals surface area contributed by atoms with E-state index in [-0.39, 0.29) is 31.4 Å². The van der Waals surface area contributed by atoms with Crippen molar-refractivity contribution in [3.05, 3.63) is 42.5 Å². The van der Waals surface area contributed by atoms with Crippen LogP contribution < -0.4 is 4.90 Å². The number of para-hydroxylation sites is 1. The minimum atomic E-state index is -0.789. The number of piperidine rings is 1. The number of carbonyl (C=O) groups excluding carboxylic acids is 3. The van der Waals surface area contributed by atoms with Gasteiger partial charge in [-0.15, -0.1) is 0 Å². The van der Waals surface area contributed by atoms with E-state index in [4.69, 9.17) is 4.74 Å². The lowest BCUT2D eigenvalue weighted by Crippen LogP contribution is -2.68. The van der Waals surface area contributed by atoms with E-state index in [2.05, 4.69) is 34.8 Å². The molecule has 2 rings (SSSR count). The molecule has 9 nitrogen and oxygen atoms in total. The molecule has 0 bridgehead atoms. The lowest BCUT2D eigenvalue weighted by molar-refractivity contribution is -0.160. The molecule has 1 fully saturated rings. The van der Waals surface area contributed by atoms with Gasteiger partial charge in [-0.2, -0.15) is 0 Å². The van der Waals surface area contributed by atoms with E-state index in [0.29, 0.717) is 24.3 Å². The molecule has 1 heterocycles. The number of anilines is 1. The maximum absolute atomic E-state index is 12.2. The van der Waals surface area contributed by atoms with Crippen molar-refractivity contribution in [2.24, 2.45) is 11.8 Å². The van der Waals surface area contributed by atoms with E-state index in [0.717, 1.165) is 5.69 Å². The molecule has 1 aromatic carbocycles. The largest absolute Gasteiger partial charge is 0.469 e. The molecule has 9 heteroatoms. The quantitative estimate of drug-likeness (QED) is 0.262. The van der Waals surface area contributed by atoms with Crippen molar-refractivity contribution in [3.63, 3.8) is 0 Å². The van der Waals surface area contributed by atoms with Crippen LogP contribution >= 0.6 is 0 Å². The zero-order valence-electron chi connectivity index (χ0n) is 23.8. The Balaban J connectivity index is 0.000000612. The second-order valence-corrected chi connectivity index (χ2v) is 10.4. The number of carbonyl (C=O) groups is 3. The predicted octanol–water partition coefficient (Wildman–Crippen LogP) is 3.66. The summed E-state index contributed by atoms with van der Waals surface area (Å²) in [6.07, 6.45) is -0.176. The number of esters is 3. The SMILES string of the molecule is C=C(C)C(=O)OC1C(O)CC(C(CCO)C(C)C)N(c2ccccc2)C1(C)C.COC(=O)CCC(=O)OC. The van der Waals surface area contributed by atoms with Gasteiger partial charge in [0.1, 0.15) is 0 Å². The van der Waals surface area contributed by atoms with Crippen LogP contribution in [0.1, 0.15) is 60.3 Å². The second-order valence-electron chi connectivity index (χ2n) is 10.4. The number of nitrogens with zero attached hydrogens (tertiary/aromatic N) is 1. The maximum Gasteiger partial charge on any atom is 0.333 e. The number of aliphatic hydroxyl groups is 2. The number of methoxy groups -OCH3 is 2. The Morgan fingerprint density at radius 1 is 1.08 bits per heavy atom. The first-order chi connectivity index (χ1) is 17.8. The fourth-order valence-corrected chi connectivity index (χ4v) is 4.96. The summed E-state index contributed by atoms with van der Waals surface area (Å²) in [5, 5.41) is 20.6. The molecule has 38 heavy (non-hydrogen) atoms. The van der Waals surface area contributed by atoms with Gasteiger partial charge in [0.2, 0.25) is 0 Å². The first-order valence-corrected chi connectivity index (χ1v) is 12.9. The number of hydrogen-bond donors (Lipinski definition) is 2. The number of benzene rings is 1. The molecule has 1 aromatic rings. The minimum Gasteiger partial charge on any atom is -0.469 e. The topological polar surface area (TPSA) is 123 Å². The number of aliphatic hydroxyl groups excluding tert-OH is 2. The van der Waals surface area contributed by atoms with Gasteiger partial charge in [0.15, 0.2) is 6.10 Å². The molecule has 0 saturated carbocycles. The van der Waals surface area contributed by atoms with Crippen LogP contribution in [0.4, 0.5) is 5.69 Å². The summed E-state index contributed by atoms with van der Waals surface area (Å²) in [6, 6.07) is 10.0. The summed E-state index contributed by atoms with van der Waals surface area (Å²) in [5.74, 6) is -0.757. The fraction of sp³-hybridized carbons (Fsp3) is 0.621. The highest BCUT2D eigenvalue weighted by molar-refractivity contribution is 5.87. The molecule has 0 amide bonds. The van der Waals surface area contributed by atoms with Gasteiger partial charge >= 0.3 is 17.9 Å². The molecule has 0 aromatic heterocycles. The third-order valence-electron chi connectivity index (χ3n) is 6.90. The molecule has 1 saturated heterocycles. The van der Waals surface area contributed by atoms with Gasteiger partial charge in [-0.05, 0) is 57.6 Å². The van der Waals surface area contributed by atoms with Crippen molar-refractivity contribution >= 4 is 23.6 Å². The van der Waals surface area contributed by atoms with Gasteiger partial charge in [0.25, 0.3) is 0 Å². The third kappa shape index (κ3) is 9.13. The van der Waals surface area contributed by atoms with Crippen molar-refractivity contribution in [1.82, 2.24) is 0 Å². The zero-order chi connectivity index (χ0) is 29.0. The minimum absolute atomic E-state index is 0.0133. The molecule has 2 N–H and O–H groups in total. The second kappa shape index (κ2) is 15.5. The van der Waals surface area contributed by atoms with E-state index >= 15 is 0 Å². The molecule has 0 aliphatic carbocycles. The Bertz CT molecular complexity index is 898. The van der Waals surface area contributed by atoms with Crippen LogP contribution in [0.2, 0.25) is 0 Å². The van der Waals surface area contributed by atoms with E-state index < -0.39 is 35.7 Å². The van der Waals surface area contributed by atoms with E-state index in [9.17, 15) is 24.6 Å². The van der Waals surface area contributed by atoms with Gasteiger partial charge in [-0.25, -0.2) is 4.79 Å². The highest BCUT2D eigenvalue weighted by atomic mass is 16.6. The van der Waals surface area contributed by atoms with Gasteiger partial charge in [0.05, 0.1) is 38.7 Å². The van der Waals surface area contributed by atoms with Crippen LogP contribution in [0, 0.1) is 11.8 Å². The molecule has 1 aliphatic heterocycles. The third-order valence-corrected chi connectivity index (χ3v) is 6.90. The summed E-state index contributed by atoms with van der Waals surface area (Å²) in [5.41, 5.74) is 0.693. The molecule has 0 spiro atoms. The zero-order valence-corrected chi connectivity index (χ0v) is 23.8. The lowest BCUT2D eigenvalue weighted by atomic mass is 9.73. The monoisotopic (exact) mass is 535 g/mol. The Morgan fingerprint density at radius 3 is 2.03 bits per heavy atom. The molecule has 0 radical (unpaired) electrons. The molecular weight excluding hydrogens is 490 g/mol. The normalized spacial score (nSPS) is 21.0. The van der Waals surface area contributed by atoms with Crippen molar-refractivity contribution in [1.29, 1.82) is 0 Å². The summed E-state index contributed by atoms with van der Waals surface area (Å²) in [6.45, 7) is 13.7. The molecule has 4 unspecified atom stereocenters. The summed E-state index contributed by atoms with van der Waals surface area (Å²) in [4.78, 5) is 35.3. The summed E-state index contributed by atoms with van der Waals surface area (Å²) in [7, 11) is 2.55. The Hall–Kier alpha value is -2.91. The maximum atomic E-state index is 12.2. The van der Waals surface area contributed by atoms with E-state index in [1.165, 1.54) is 14.2 Å². The molecule has 214 valence electrons. The smallest absolute Gasteiger partial charge is 0.333 e. The number of hydrogen-bond acceptors (Lipinski definition) is 9. The standard InChI is InChI=1S/C23H35NO4.C6H10O4/c1-15(2)18(12-13-25)19-14-20(26)21(28-22(27)16(3)4)23(5,6)24(19)17-10-8-7-9-11-17;1-9-5(7)3-4-6(8)10-2/h7-11,15,18-21,25-26H,3,12-14H2,1-2,4-6H3;3-4H2,1-2H3. The average Bonchev–Trinajstić information content (AvgIpc) is 2.87. The van der Waals surface area contributed by atoms with E-state index in [1.807, 2.05) is 44.2 Å². The molecule has 4 atom stereocenters. The van der Waals surface area contributed by atoms with Crippen molar-refractivity contribution < 1.29 is 38.8 Å². The van der Waals surface area contributed by atoms with Gasteiger partial charge < -0.3 is 29.3 Å². The van der Waals surface area contributed by atoms with Crippen molar-refractivity contribution in [2.45, 2.75) is 84.1 Å². The highest BCUT2D eigenvalue weighted by Crippen LogP contribution is 2.43. The van der Waals surface area contributed by atoms with Crippen molar-refractivity contribution in [3.8, 4) is 0 Å². The lowest BCUT2D eigenvalue weighted by Gasteiger charge is -2.56. The fourth-order valence-electron chi connectivity index (χ4n) is 4.96. The van der Waals surface area contributed by atoms with Gasteiger partial charge in [0, 0.05) is 23.9 Å². The Kier molecular flexibility index (Phi) is 13.5. The first-order valence-electron chi connectivity index (χ1n) is 12.9. The van der Waals surface area contributed by atoms with Crippen molar-refractivity contribution in [2.75, 3.05) is 25.7 Å². The van der Waals surface area contributed by atoms with Gasteiger partial charge in [-0.1, -0.05) is 38.6 Å². The van der Waals surface area contributed by atoms with Crippen LogP contribution in [0.5, 0.6) is 0 Å². The van der Waals surface area contributed by atoms with Crippen LogP contribution in [-0.2, 0) is 28.6 Å². The van der Waals surface area contributed by atoms with Crippen LogP contribution in [0.25, 0.3) is 0 Å². The molecular formula is C29H45NO8. The van der Waals surface area contributed by atoms with Crippen LogP contribution in [0.15, 0.2) is 42.5 Å². The Labute approximate surface area is 226 Å². The first kappa shape index (κ1) is 33.1. The van der Waals surface area contributed by atoms with Crippen LogP contribution in [-0.4, -0.2) is 72.7 Å². The summed E-state index contributed by atoms with van der Waals surface area (Å²) >= 11 is 0. The number of rotatable bonds is 10. The van der Waals surface area contributed by atoms with Gasteiger partial charge in [-0.3, -0.25) is 9.59 Å². The van der Waals surface area contributed by atoms with Crippen LogP contribution in [0.3, 0.4) is 0 Å². The molecule has 1 aliphatic rings. The highest BCUT2D eigenvalue weighted by Gasteiger charge is 2.52. The predicted molar refractivity (Wildman–Crippen MR) is 145 cm³/mol. The number of ether oxygens (including phenoxy) is 3.